The molecule has 0 aliphatic rings. The molecule has 2 heterocycles. The van der Waals surface area contributed by atoms with Crippen molar-refractivity contribution < 1.29 is 9.32 Å². The standard InChI is InChI=1S/C10H14N6O2/c1-5-11-9(18-16-5)13-7(17)6-12-8(15-14-6)10(2,3)4/h1-4H3,(H,12,14,15)(H,11,13,16,17). The van der Waals surface area contributed by atoms with Gasteiger partial charge in [-0.2, -0.15) is 4.98 Å². The predicted octanol–water partition coefficient (Wildman–Crippen LogP) is 1.05. The second kappa shape index (κ2) is 4.21. The van der Waals surface area contributed by atoms with Crippen LogP contribution in [0.5, 0.6) is 0 Å². The van der Waals surface area contributed by atoms with Crippen molar-refractivity contribution in [1.29, 1.82) is 0 Å². The maximum absolute atomic E-state index is 11.8. The van der Waals surface area contributed by atoms with Crippen molar-refractivity contribution in [3.05, 3.63) is 17.5 Å². The van der Waals surface area contributed by atoms with Gasteiger partial charge >= 0.3 is 6.01 Å². The number of amides is 1. The fraction of sp³-hybridized carbons (Fsp3) is 0.500. The molecule has 96 valence electrons. The molecule has 0 aliphatic carbocycles. The SMILES string of the molecule is Cc1noc(NC(=O)c2n[nH]c(C(C)(C)C)n2)n1. The van der Waals surface area contributed by atoms with Gasteiger partial charge in [-0.05, 0) is 6.92 Å². The number of aromatic nitrogens is 5. The fourth-order valence-electron chi connectivity index (χ4n) is 1.20. The highest BCUT2D eigenvalue weighted by Crippen LogP contribution is 2.17. The van der Waals surface area contributed by atoms with Crippen LogP contribution in [0.4, 0.5) is 6.01 Å². The summed E-state index contributed by atoms with van der Waals surface area (Å²) in [5.74, 6) is 0.617. The van der Waals surface area contributed by atoms with Gasteiger partial charge in [0.2, 0.25) is 5.82 Å². The Hall–Kier alpha value is -2.25. The van der Waals surface area contributed by atoms with Crippen LogP contribution in [0.3, 0.4) is 0 Å². The first-order valence-electron chi connectivity index (χ1n) is 5.41. The minimum absolute atomic E-state index is 0.0274. The number of carbonyl (C=O) groups excluding carboxylic acids is 1. The van der Waals surface area contributed by atoms with E-state index in [9.17, 15) is 4.79 Å². The van der Waals surface area contributed by atoms with Crippen molar-refractivity contribution in [3.63, 3.8) is 0 Å². The molecule has 2 N–H and O–H groups in total. The van der Waals surface area contributed by atoms with Gasteiger partial charge in [-0.3, -0.25) is 15.2 Å². The lowest BCUT2D eigenvalue weighted by Gasteiger charge is -2.12. The summed E-state index contributed by atoms with van der Waals surface area (Å²) in [7, 11) is 0. The molecular weight excluding hydrogens is 236 g/mol. The van der Waals surface area contributed by atoms with E-state index in [1.165, 1.54) is 0 Å². The van der Waals surface area contributed by atoms with Crippen LogP contribution in [0, 0.1) is 6.92 Å². The van der Waals surface area contributed by atoms with E-state index in [0.29, 0.717) is 11.6 Å². The van der Waals surface area contributed by atoms with Crippen molar-refractivity contribution in [3.8, 4) is 0 Å². The van der Waals surface area contributed by atoms with E-state index in [2.05, 4.69) is 30.6 Å². The summed E-state index contributed by atoms with van der Waals surface area (Å²) in [4.78, 5) is 19.8. The third-order valence-electron chi connectivity index (χ3n) is 2.15. The van der Waals surface area contributed by atoms with E-state index in [1.807, 2.05) is 20.8 Å². The summed E-state index contributed by atoms with van der Waals surface area (Å²) in [6.07, 6.45) is 0. The van der Waals surface area contributed by atoms with Crippen LogP contribution < -0.4 is 5.32 Å². The van der Waals surface area contributed by atoms with Crippen molar-refractivity contribution in [1.82, 2.24) is 25.3 Å². The third kappa shape index (κ3) is 2.53. The maximum Gasteiger partial charge on any atom is 0.328 e. The Kier molecular flexibility index (Phi) is 2.85. The molecule has 8 nitrogen and oxygen atoms in total. The number of hydrogen-bond donors (Lipinski definition) is 2. The minimum atomic E-state index is -0.495. The van der Waals surface area contributed by atoms with Gasteiger partial charge in [0.1, 0.15) is 5.82 Å². The van der Waals surface area contributed by atoms with E-state index in [0.717, 1.165) is 0 Å². The summed E-state index contributed by atoms with van der Waals surface area (Å²) in [6, 6.07) is 0.0274. The van der Waals surface area contributed by atoms with Gasteiger partial charge in [-0.25, -0.2) is 4.98 Å². The van der Waals surface area contributed by atoms with E-state index < -0.39 is 5.91 Å². The second-order valence-electron chi connectivity index (χ2n) is 4.86. The number of aromatic amines is 1. The average molecular weight is 250 g/mol. The second-order valence-corrected chi connectivity index (χ2v) is 4.86. The van der Waals surface area contributed by atoms with E-state index in [1.54, 1.807) is 6.92 Å². The van der Waals surface area contributed by atoms with Crippen molar-refractivity contribution in [2.45, 2.75) is 33.1 Å². The molecule has 0 unspecified atom stereocenters. The Bertz CT molecular complexity index is 565. The van der Waals surface area contributed by atoms with Crippen molar-refractivity contribution >= 4 is 11.9 Å². The van der Waals surface area contributed by atoms with Crippen LogP contribution in [0.25, 0.3) is 0 Å². The van der Waals surface area contributed by atoms with E-state index in [4.69, 9.17) is 4.52 Å². The van der Waals surface area contributed by atoms with Crippen LogP contribution in [0.15, 0.2) is 4.52 Å². The Morgan fingerprint density at radius 3 is 2.56 bits per heavy atom. The normalized spacial score (nSPS) is 11.6. The fourth-order valence-corrected chi connectivity index (χ4v) is 1.20. The lowest BCUT2D eigenvalue weighted by molar-refractivity contribution is 0.101. The Labute approximate surface area is 103 Å². The van der Waals surface area contributed by atoms with Gasteiger partial charge in [0.25, 0.3) is 5.91 Å². The molecule has 2 aromatic heterocycles. The van der Waals surface area contributed by atoms with Crippen LogP contribution in [0.1, 0.15) is 43.0 Å². The number of nitrogens with zero attached hydrogens (tertiary/aromatic N) is 4. The largest absolute Gasteiger partial charge is 0.328 e. The Balaban J connectivity index is 2.12. The molecule has 0 radical (unpaired) electrons. The predicted molar refractivity (Wildman–Crippen MR) is 62.1 cm³/mol. The summed E-state index contributed by atoms with van der Waals surface area (Å²) in [5.41, 5.74) is -0.202. The number of rotatable bonds is 2. The molecular formula is C10H14N6O2. The molecule has 0 aromatic carbocycles. The van der Waals surface area contributed by atoms with Gasteiger partial charge in [-0.1, -0.05) is 25.9 Å². The molecule has 18 heavy (non-hydrogen) atoms. The molecule has 0 spiro atoms. The first-order chi connectivity index (χ1) is 8.36. The highest BCUT2D eigenvalue weighted by atomic mass is 16.5. The Morgan fingerprint density at radius 2 is 2.06 bits per heavy atom. The number of nitrogens with one attached hydrogen (secondary N) is 2. The lowest BCUT2D eigenvalue weighted by Crippen LogP contribution is -2.16. The number of hydrogen-bond acceptors (Lipinski definition) is 6. The summed E-state index contributed by atoms with van der Waals surface area (Å²) in [6.45, 7) is 7.56. The topological polar surface area (TPSA) is 110 Å². The molecule has 0 aliphatic heterocycles. The molecule has 0 saturated carbocycles. The third-order valence-corrected chi connectivity index (χ3v) is 2.15. The van der Waals surface area contributed by atoms with Crippen LogP contribution in [0.2, 0.25) is 0 Å². The number of H-pyrrole nitrogens is 1. The zero-order valence-electron chi connectivity index (χ0n) is 10.6. The van der Waals surface area contributed by atoms with Crippen molar-refractivity contribution in [2.24, 2.45) is 0 Å². The smallest absolute Gasteiger partial charge is 0.315 e. The van der Waals surface area contributed by atoms with E-state index >= 15 is 0 Å². The molecule has 0 bridgehead atoms. The average Bonchev–Trinajstić information content (AvgIpc) is 2.85. The highest BCUT2D eigenvalue weighted by Gasteiger charge is 2.22. The molecule has 0 atom stereocenters. The zero-order valence-corrected chi connectivity index (χ0v) is 10.6. The monoisotopic (exact) mass is 250 g/mol. The van der Waals surface area contributed by atoms with Crippen LogP contribution in [-0.2, 0) is 5.41 Å². The number of anilines is 1. The molecule has 0 saturated heterocycles. The summed E-state index contributed by atoms with van der Waals surface area (Å²) in [5, 5.41) is 12.6. The molecule has 2 rings (SSSR count). The number of aryl methyl sites for hydroxylation is 1. The van der Waals surface area contributed by atoms with E-state index in [-0.39, 0.29) is 17.3 Å². The maximum atomic E-state index is 11.8. The molecule has 1 amide bonds. The van der Waals surface area contributed by atoms with Gasteiger partial charge in [0.05, 0.1) is 0 Å². The molecule has 0 fully saturated rings. The van der Waals surface area contributed by atoms with Crippen LogP contribution in [-0.4, -0.2) is 31.2 Å². The first-order valence-corrected chi connectivity index (χ1v) is 5.41. The lowest BCUT2D eigenvalue weighted by atomic mass is 9.96. The van der Waals surface area contributed by atoms with Gasteiger partial charge in [-0.15, -0.1) is 5.10 Å². The van der Waals surface area contributed by atoms with Gasteiger partial charge in [0, 0.05) is 5.41 Å². The molecule has 2 aromatic rings. The Morgan fingerprint density at radius 1 is 1.33 bits per heavy atom. The first kappa shape index (κ1) is 12.2. The zero-order chi connectivity index (χ0) is 13.3. The highest BCUT2D eigenvalue weighted by molar-refractivity contribution is 6.00. The molecule has 8 heteroatoms. The van der Waals surface area contributed by atoms with Gasteiger partial charge in [0.15, 0.2) is 5.82 Å². The van der Waals surface area contributed by atoms with Gasteiger partial charge < -0.3 is 4.52 Å². The van der Waals surface area contributed by atoms with Crippen molar-refractivity contribution in [2.75, 3.05) is 5.32 Å². The minimum Gasteiger partial charge on any atom is -0.315 e. The number of carbonyl (C=O) groups is 1. The quantitative estimate of drug-likeness (QED) is 0.824. The summed E-state index contributed by atoms with van der Waals surface area (Å²) >= 11 is 0. The van der Waals surface area contributed by atoms with Crippen LogP contribution >= 0.6 is 0 Å². The summed E-state index contributed by atoms with van der Waals surface area (Å²) < 4.78 is 4.77.